The van der Waals surface area contributed by atoms with Gasteiger partial charge in [-0.3, -0.25) is 19.2 Å². The molecule has 2 aliphatic rings. The first kappa shape index (κ1) is 19.5. The van der Waals surface area contributed by atoms with Gasteiger partial charge in [-0.1, -0.05) is 78.9 Å². The average Bonchev–Trinajstić information content (AvgIpc) is 2.85. The summed E-state index contributed by atoms with van der Waals surface area (Å²) in [5, 5.41) is 1.82. The van der Waals surface area contributed by atoms with Crippen LogP contribution in [0.3, 0.4) is 0 Å². The number of allylic oxidation sites excluding steroid dienone is 2. The Balaban J connectivity index is 0.000000154. The van der Waals surface area contributed by atoms with E-state index >= 15 is 0 Å². The van der Waals surface area contributed by atoms with Crippen LogP contribution in [-0.4, -0.2) is 23.1 Å². The third-order valence-corrected chi connectivity index (χ3v) is 5.66. The Morgan fingerprint density at radius 3 is 1.53 bits per heavy atom. The Labute approximate surface area is 183 Å². The third kappa shape index (κ3) is 3.10. The maximum atomic E-state index is 12.7. The van der Waals surface area contributed by atoms with Gasteiger partial charge in [0.15, 0.2) is 23.1 Å². The van der Waals surface area contributed by atoms with Gasteiger partial charge in [0.05, 0.1) is 0 Å². The number of fused-ring (bicyclic) bond motifs is 5. The fraction of sp³-hybridized carbons (Fsp3) is 0. The first-order valence-corrected chi connectivity index (χ1v) is 10.1. The summed E-state index contributed by atoms with van der Waals surface area (Å²) in [6, 6.07) is 25.2. The first-order valence-electron chi connectivity index (χ1n) is 10.1. The number of benzene rings is 4. The van der Waals surface area contributed by atoms with E-state index in [9.17, 15) is 19.2 Å². The van der Waals surface area contributed by atoms with Gasteiger partial charge in [0.1, 0.15) is 0 Å². The fourth-order valence-corrected chi connectivity index (χ4v) is 4.11. The van der Waals surface area contributed by atoms with Crippen molar-refractivity contribution in [2.75, 3.05) is 0 Å². The lowest BCUT2D eigenvalue weighted by atomic mass is 9.82. The second-order valence-electron chi connectivity index (χ2n) is 7.52. The van der Waals surface area contributed by atoms with E-state index in [2.05, 4.69) is 0 Å². The zero-order valence-electron chi connectivity index (χ0n) is 16.9. The molecule has 0 N–H and O–H groups in total. The highest BCUT2D eigenvalue weighted by Crippen LogP contribution is 2.32. The van der Waals surface area contributed by atoms with Crippen LogP contribution in [0.5, 0.6) is 0 Å². The molecule has 4 nitrogen and oxygen atoms in total. The van der Waals surface area contributed by atoms with Crippen molar-refractivity contribution < 1.29 is 19.2 Å². The molecule has 0 aromatic heterocycles. The SMILES string of the molecule is O=C1C=CC(=O)c2ccccc21.O=C1c2ccccc2C(=O)c2c1ccc1ccccc21. The molecule has 152 valence electrons. The molecule has 0 unspecified atom stereocenters. The van der Waals surface area contributed by atoms with Crippen LogP contribution in [0.1, 0.15) is 52.6 Å². The van der Waals surface area contributed by atoms with E-state index < -0.39 is 0 Å². The highest BCUT2D eigenvalue weighted by molar-refractivity contribution is 6.32. The molecular formula is C28H16O4. The molecule has 32 heavy (non-hydrogen) atoms. The molecule has 0 aliphatic heterocycles. The molecule has 0 fully saturated rings. The summed E-state index contributed by atoms with van der Waals surface area (Å²) in [5.74, 6) is -0.316. The summed E-state index contributed by atoms with van der Waals surface area (Å²) < 4.78 is 0. The molecule has 4 aromatic rings. The van der Waals surface area contributed by atoms with E-state index in [0.29, 0.717) is 33.4 Å². The molecule has 0 radical (unpaired) electrons. The smallest absolute Gasteiger partial charge is 0.195 e. The Hall–Kier alpha value is -4.44. The lowest BCUT2D eigenvalue weighted by Crippen LogP contribution is -2.21. The van der Waals surface area contributed by atoms with Gasteiger partial charge >= 0.3 is 0 Å². The summed E-state index contributed by atoms with van der Waals surface area (Å²) in [7, 11) is 0. The topological polar surface area (TPSA) is 68.3 Å². The van der Waals surface area contributed by atoms with Crippen molar-refractivity contribution >= 4 is 33.9 Å². The predicted molar refractivity (Wildman–Crippen MR) is 121 cm³/mol. The monoisotopic (exact) mass is 416 g/mol. The summed E-state index contributed by atoms with van der Waals surface area (Å²) >= 11 is 0. The lowest BCUT2D eigenvalue weighted by molar-refractivity contribution is 0.0980. The molecule has 0 saturated heterocycles. The number of hydrogen-bond donors (Lipinski definition) is 0. The van der Waals surface area contributed by atoms with Crippen molar-refractivity contribution in [2.45, 2.75) is 0 Å². The van der Waals surface area contributed by atoms with Gasteiger partial charge < -0.3 is 0 Å². The standard InChI is InChI=1S/C18H10O2.C10H6O2/c19-17-13-7-3-4-8-14(13)18(20)16-12-6-2-1-5-11(12)9-10-15(16)17;11-9-5-6-10(12)8-4-2-1-3-7(8)9/h1-10H;1-6H. The van der Waals surface area contributed by atoms with Crippen LogP contribution >= 0.6 is 0 Å². The maximum absolute atomic E-state index is 12.7. The van der Waals surface area contributed by atoms with Crippen molar-refractivity contribution in [3.63, 3.8) is 0 Å². The van der Waals surface area contributed by atoms with Crippen LogP contribution in [-0.2, 0) is 0 Å². The van der Waals surface area contributed by atoms with Crippen molar-refractivity contribution in [1.82, 2.24) is 0 Å². The Morgan fingerprint density at radius 1 is 0.406 bits per heavy atom. The maximum Gasteiger partial charge on any atom is 0.195 e. The van der Waals surface area contributed by atoms with Crippen molar-refractivity contribution in [2.24, 2.45) is 0 Å². The van der Waals surface area contributed by atoms with E-state index in [-0.39, 0.29) is 23.1 Å². The van der Waals surface area contributed by atoms with E-state index in [4.69, 9.17) is 0 Å². The van der Waals surface area contributed by atoms with Crippen LogP contribution in [0.25, 0.3) is 10.8 Å². The van der Waals surface area contributed by atoms with Gasteiger partial charge in [0.2, 0.25) is 0 Å². The molecule has 0 spiro atoms. The lowest BCUT2D eigenvalue weighted by Gasteiger charge is -2.18. The van der Waals surface area contributed by atoms with Gasteiger partial charge in [-0.2, -0.15) is 0 Å². The Morgan fingerprint density at radius 2 is 0.906 bits per heavy atom. The zero-order valence-corrected chi connectivity index (χ0v) is 16.9. The van der Waals surface area contributed by atoms with Crippen LogP contribution in [0.15, 0.2) is 97.1 Å². The third-order valence-electron chi connectivity index (χ3n) is 5.66. The minimum Gasteiger partial charge on any atom is -0.289 e. The zero-order chi connectivity index (χ0) is 22.2. The molecule has 0 saturated carbocycles. The van der Waals surface area contributed by atoms with Gasteiger partial charge in [-0.15, -0.1) is 0 Å². The molecular weight excluding hydrogens is 400 g/mol. The van der Waals surface area contributed by atoms with Crippen LogP contribution in [0.4, 0.5) is 0 Å². The Bertz CT molecular complexity index is 1450. The largest absolute Gasteiger partial charge is 0.289 e. The number of hydrogen-bond acceptors (Lipinski definition) is 4. The van der Waals surface area contributed by atoms with Crippen molar-refractivity contribution in [3.8, 4) is 0 Å². The molecule has 6 rings (SSSR count). The number of carbonyl (C=O) groups is 4. The normalized spacial score (nSPS) is 13.8. The number of ketones is 4. The quantitative estimate of drug-likeness (QED) is 0.346. The van der Waals surface area contributed by atoms with E-state index in [1.165, 1.54) is 12.2 Å². The summed E-state index contributed by atoms with van der Waals surface area (Å²) in [6.07, 6.45) is 2.62. The molecule has 4 heteroatoms. The van der Waals surface area contributed by atoms with E-state index in [1.807, 2.05) is 30.3 Å². The van der Waals surface area contributed by atoms with Crippen molar-refractivity contribution in [3.05, 3.63) is 130 Å². The van der Waals surface area contributed by atoms with Gasteiger partial charge in [0, 0.05) is 33.4 Å². The predicted octanol–water partition coefficient (Wildman–Crippen LogP) is 5.24. The molecule has 0 amide bonds. The minimum atomic E-state index is -0.0924. The first-order chi connectivity index (χ1) is 15.6. The summed E-state index contributed by atoms with van der Waals surface area (Å²) in [6.45, 7) is 0. The number of rotatable bonds is 0. The highest BCUT2D eigenvalue weighted by Gasteiger charge is 2.30. The van der Waals surface area contributed by atoms with Crippen LogP contribution < -0.4 is 0 Å². The highest BCUT2D eigenvalue weighted by atomic mass is 16.1. The molecule has 2 aliphatic carbocycles. The van der Waals surface area contributed by atoms with Crippen LogP contribution in [0, 0.1) is 0 Å². The van der Waals surface area contributed by atoms with Crippen LogP contribution in [0.2, 0.25) is 0 Å². The average molecular weight is 416 g/mol. The van der Waals surface area contributed by atoms with Crippen molar-refractivity contribution in [1.29, 1.82) is 0 Å². The molecule has 0 bridgehead atoms. The molecule has 0 atom stereocenters. The van der Waals surface area contributed by atoms with E-state index in [0.717, 1.165) is 10.8 Å². The summed E-state index contributed by atoms with van der Waals surface area (Å²) in [4.78, 5) is 47.6. The van der Waals surface area contributed by atoms with Gasteiger partial charge in [-0.05, 0) is 29.0 Å². The second-order valence-corrected chi connectivity index (χ2v) is 7.52. The van der Waals surface area contributed by atoms with Gasteiger partial charge in [-0.25, -0.2) is 0 Å². The molecule has 4 aromatic carbocycles. The number of carbonyl (C=O) groups excluding carboxylic acids is 4. The fourth-order valence-electron chi connectivity index (χ4n) is 4.11. The minimum absolute atomic E-state index is 0.0630. The molecule has 0 heterocycles. The second kappa shape index (κ2) is 7.67. The Kier molecular flexibility index (Phi) is 4.68. The van der Waals surface area contributed by atoms with E-state index in [1.54, 1.807) is 54.6 Å². The van der Waals surface area contributed by atoms with Gasteiger partial charge in [0.25, 0.3) is 0 Å². The summed E-state index contributed by atoms with van der Waals surface area (Å²) in [5.41, 5.74) is 3.05.